The molecule has 2 aromatic rings. The van der Waals surface area contributed by atoms with E-state index < -0.39 is 0 Å². The molecule has 0 radical (unpaired) electrons. The van der Waals surface area contributed by atoms with E-state index in [4.69, 9.17) is 0 Å². The summed E-state index contributed by atoms with van der Waals surface area (Å²) in [6, 6.07) is 17.6. The van der Waals surface area contributed by atoms with Gasteiger partial charge in [-0.25, -0.2) is 5.43 Å². The summed E-state index contributed by atoms with van der Waals surface area (Å²) in [7, 11) is 0. The van der Waals surface area contributed by atoms with Crippen molar-refractivity contribution in [2.45, 2.75) is 26.8 Å². The molecule has 0 atom stereocenters. The van der Waals surface area contributed by atoms with Crippen molar-refractivity contribution in [1.82, 2.24) is 5.43 Å². The van der Waals surface area contributed by atoms with E-state index in [2.05, 4.69) is 28.0 Å². The quantitative estimate of drug-likeness (QED) is 0.629. The van der Waals surface area contributed by atoms with E-state index in [0.29, 0.717) is 5.56 Å². The van der Waals surface area contributed by atoms with Gasteiger partial charge in [0.25, 0.3) is 5.91 Å². The van der Waals surface area contributed by atoms with Gasteiger partial charge < -0.3 is 5.32 Å². The monoisotopic (exact) mass is 295 g/mol. The Labute approximate surface area is 131 Å². The van der Waals surface area contributed by atoms with Gasteiger partial charge in [0.15, 0.2) is 0 Å². The summed E-state index contributed by atoms with van der Waals surface area (Å²) in [4.78, 5) is 11.9. The van der Waals surface area contributed by atoms with Crippen LogP contribution in [0.15, 0.2) is 59.7 Å². The van der Waals surface area contributed by atoms with Crippen molar-refractivity contribution in [3.8, 4) is 0 Å². The number of amides is 1. The number of hydrogen-bond donors (Lipinski definition) is 2. The molecule has 114 valence electrons. The SMILES string of the molecule is CC/C(C)=N/NC(=O)c1ccc(NCc2ccccc2)cc1. The standard InChI is InChI=1S/C18H21N3O/c1-3-14(2)20-21-18(22)16-9-11-17(12-10-16)19-13-15-7-5-4-6-8-15/h4-12,19H,3,13H2,1-2H3,(H,21,22)/b20-14+. The minimum absolute atomic E-state index is 0.192. The molecule has 2 aromatic carbocycles. The topological polar surface area (TPSA) is 53.5 Å². The number of benzene rings is 2. The highest BCUT2D eigenvalue weighted by molar-refractivity contribution is 5.95. The molecule has 0 saturated carbocycles. The molecule has 0 aliphatic carbocycles. The second-order valence-electron chi connectivity index (χ2n) is 5.06. The first-order valence-electron chi connectivity index (χ1n) is 7.40. The van der Waals surface area contributed by atoms with Gasteiger partial charge >= 0.3 is 0 Å². The first-order chi connectivity index (χ1) is 10.7. The third-order valence-electron chi connectivity index (χ3n) is 3.35. The summed E-state index contributed by atoms with van der Waals surface area (Å²) in [6.45, 7) is 4.64. The molecule has 0 aliphatic rings. The minimum atomic E-state index is -0.192. The fourth-order valence-electron chi connectivity index (χ4n) is 1.83. The maximum absolute atomic E-state index is 11.9. The van der Waals surface area contributed by atoms with Crippen molar-refractivity contribution in [2.75, 3.05) is 5.32 Å². The fourth-order valence-corrected chi connectivity index (χ4v) is 1.83. The molecular weight excluding hydrogens is 274 g/mol. The molecule has 0 bridgehead atoms. The van der Waals surface area contributed by atoms with Crippen LogP contribution in [0.25, 0.3) is 0 Å². The lowest BCUT2D eigenvalue weighted by molar-refractivity contribution is 0.0954. The van der Waals surface area contributed by atoms with E-state index in [1.54, 1.807) is 12.1 Å². The van der Waals surface area contributed by atoms with Gasteiger partial charge in [-0.15, -0.1) is 0 Å². The normalized spacial score (nSPS) is 11.1. The Morgan fingerprint density at radius 1 is 1.05 bits per heavy atom. The largest absolute Gasteiger partial charge is 0.381 e. The van der Waals surface area contributed by atoms with E-state index in [1.165, 1.54) is 5.56 Å². The first kappa shape index (κ1) is 15.8. The average Bonchev–Trinajstić information content (AvgIpc) is 2.59. The summed E-state index contributed by atoms with van der Waals surface area (Å²) in [6.07, 6.45) is 0.822. The van der Waals surface area contributed by atoms with Gasteiger partial charge in [-0.1, -0.05) is 37.3 Å². The van der Waals surface area contributed by atoms with Crippen LogP contribution in [0.5, 0.6) is 0 Å². The number of rotatable bonds is 6. The molecular formula is C18H21N3O. The Morgan fingerprint density at radius 2 is 1.73 bits per heavy atom. The van der Waals surface area contributed by atoms with Gasteiger partial charge in [-0.2, -0.15) is 5.10 Å². The average molecular weight is 295 g/mol. The summed E-state index contributed by atoms with van der Waals surface area (Å²) in [5, 5.41) is 7.35. The molecule has 0 heterocycles. The molecule has 2 N–H and O–H groups in total. The highest BCUT2D eigenvalue weighted by Gasteiger charge is 2.04. The van der Waals surface area contributed by atoms with E-state index in [1.807, 2.05) is 44.2 Å². The van der Waals surface area contributed by atoms with E-state index >= 15 is 0 Å². The summed E-state index contributed by atoms with van der Waals surface area (Å²) < 4.78 is 0. The third kappa shape index (κ3) is 4.74. The van der Waals surface area contributed by atoms with Crippen LogP contribution in [-0.4, -0.2) is 11.6 Å². The number of carbonyl (C=O) groups is 1. The second kappa shape index (κ2) is 7.98. The number of anilines is 1. The maximum atomic E-state index is 11.9. The first-order valence-corrected chi connectivity index (χ1v) is 7.40. The lowest BCUT2D eigenvalue weighted by atomic mass is 10.2. The molecule has 4 heteroatoms. The van der Waals surface area contributed by atoms with Crippen molar-refractivity contribution in [3.05, 3.63) is 65.7 Å². The summed E-state index contributed by atoms with van der Waals surface area (Å²) in [5.41, 5.74) is 6.25. The number of nitrogens with one attached hydrogen (secondary N) is 2. The zero-order valence-electron chi connectivity index (χ0n) is 13.0. The predicted molar refractivity (Wildman–Crippen MR) is 91.1 cm³/mol. The van der Waals surface area contributed by atoms with Crippen molar-refractivity contribution in [3.63, 3.8) is 0 Å². The van der Waals surface area contributed by atoms with Crippen molar-refractivity contribution < 1.29 is 4.79 Å². The Bertz CT molecular complexity index is 633. The minimum Gasteiger partial charge on any atom is -0.381 e. The molecule has 22 heavy (non-hydrogen) atoms. The van der Waals surface area contributed by atoms with Crippen LogP contribution in [0.4, 0.5) is 5.69 Å². The number of hydrogen-bond acceptors (Lipinski definition) is 3. The highest BCUT2D eigenvalue weighted by Crippen LogP contribution is 2.11. The van der Waals surface area contributed by atoms with Crippen molar-refractivity contribution >= 4 is 17.3 Å². The summed E-state index contributed by atoms with van der Waals surface area (Å²) >= 11 is 0. The smallest absolute Gasteiger partial charge is 0.271 e. The van der Waals surface area contributed by atoms with E-state index in [0.717, 1.165) is 24.4 Å². The molecule has 0 aromatic heterocycles. The Kier molecular flexibility index (Phi) is 5.72. The van der Waals surface area contributed by atoms with Gasteiger partial charge in [-0.05, 0) is 43.2 Å². The maximum Gasteiger partial charge on any atom is 0.271 e. The number of hydrazone groups is 1. The van der Waals surface area contributed by atoms with Crippen molar-refractivity contribution in [2.24, 2.45) is 5.10 Å². The van der Waals surface area contributed by atoms with Gasteiger partial charge in [-0.3, -0.25) is 4.79 Å². The molecule has 0 fully saturated rings. The fraction of sp³-hybridized carbons (Fsp3) is 0.222. The second-order valence-corrected chi connectivity index (χ2v) is 5.06. The molecule has 0 saturated heterocycles. The van der Waals surface area contributed by atoms with Crippen LogP contribution in [-0.2, 0) is 6.54 Å². The number of carbonyl (C=O) groups excluding carboxylic acids is 1. The van der Waals surface area contributed by atoms with E-state index in [9.17, 15) is 4.79 Å². The molecule has 2 rings (SSSR count). The zero-order chi connectivity index (χ0) is 15.8. The van der Waals surface area contributed by atoms with Gasteiger partial charge in [0.1, 0.15) is 0 Å². The summed E-state index contributed by atoms with van der Waals surface area (Å²) in [5.74, 6) is -0.192. The van der Waals surface area contributed by atoms with Crippen LogP contribution < -0.4 is 10.7 Å². The van der Waals surface area contributed by atoms with Gasteiger partial charge in [0.05, 0.1) is 0 Å². The molecule has 1 amide bonds. The Hall–Kier alpha value is -2.62. The van der Waals surface area contributed by atoms with E-state index in [-0.39, 0.29) is 5.91 Å². The van der Waals surface area contributed by atoms with Gasteiger partial charge in [0.2, 0.25) is 0 Å². The van der Waals surface area contributed by atoms with Crippen LogP contribution >= 0.6 is 0 Å². The molecule has 0 spiro atoms. The predicted octanol–water partition coefficient (Wildman–Crippen LogP) is 3.81. The van der Waals surface area contributed by atoms with Crippen LogP contribution in [0.3, 0.4) is 0 Å². The third-order valence-corrected chi connectivity index (χ3v) is 3.35. The molecule has 0 aliphatic heterocycles. The lowest BCUT2D eigenvalue weighted by Gasteiger charge is -2.07. The Morgan fingerprint density at radius 3 is 2.36 bits per heavy atom. The van der Waals surface area contributed by atoms with Crippen molar-refractivity contribution in [1.29, 1.82) is 0 Å². The zero-order valence-corrected chi connectivity index (χ0v) is 13.0. The van der Waals surface area contributed by atoms with Crippen LogP contribution in [0.1, 0.15) is 36.2 Å². The Balaban J connectivity index is 1.91. The highest BCUT2D eigenvalue weighted by atomic mass is 16.2. The molecule has 4 nitrogen and oxygen atoms in total. The van der Waals surface area contributed by atoms with Gasteiger partial charge in [0, 0.05) is 23.5 Å². The van der Waals surface area contributed by atoms with Crippen LogP contribution in [0.2, 0.25) is 0 Å². The molecule has 0 unspecified atom stereocenters. The lowest BCUT2D eigenvalue weighted by Crippen LogP contribution is -2.18. The number of nitrogens with zero attached hydrogens (tertiary/aromatic N) is 1. The van der Waals surface area contributed by atoms with Crippen LogP contribution in [0, 0.1) is 0 Å².